The first-order valence-electron chi connectivity index (χ1n) is 10.6. The molecule has 0 saturated carbocycles. The molecule has 0 amide bonds. The van der Waals surface area contributed by atoms with Gasteiger partial charge in [-0.25, -0.2) is 0 Å². The molecule has 1 aliphatic heterocycles. The number of aromatic nitrogens is 4. The van der Waals surface area contributed by atoms with Crippen LogP contribution in [-0.4, -0.2) is 58.5 Å². The van der Waals surface area contributed by atoms with Crippen molar-refractivity contribution in [2.75, 3.05) is 32.2 Å². The standard InChI is InChI=1S/C21H32ClN5O3S/c1-13-6-9-19(30-13)20-24-25-21(27(20)17(11-28-4)12-29-5)26-31-15(3)14(2)18-8-7-16(22)10-23-18/h7-8,10,13-15,17,19H,6,9,11-12H2,1-5H3,(H,25,26). The van der Waals surface area contributed by atoms with Gasteiger partial charge in [-0.3, -0.25) is 14.3 Å². The number of nitrogens with zero attached hydrogens (tertiary/aromatic N) is 4. The van der Waals surface area contributed by atoms with Gasteiger partial charge in [-0.05, 0) is 43.8 Å². The zero-order chi connectivity index (χ0) is 22.4. The molecular weight excluding hydrogens is 438 g/mol. The molecule has 4 atom stereocenters. The first-order valence-corrected chi connectivity index (χ1v) is 11.8. The Morgan fingerprint density at radius 1 is 1.23 bits per heavy atom. The Morgan fingerprint density at radius 2 is 1.97 bits per heavy atom. The summed E-state index contributed by atoms with van der Waals surface area (Å²) in [5.41, 5.74) is 0.998. The summed E-state index contributed by atoms with van der Waals surface area (Å²) >= 11 is 7.56. The second kappa shape index (κ2) is 11.5. The van der Waals surface area contributed by atoms with Crippen molar-refractivity contribution in [1.82, 2.24) is 19.7 Å². The summed E-state index contributed by atoms with van der Waals surface area (Å²) in [5.74, 6) is 1.70. The first kappa shape index (κ1) is 24.3. The molecule has 3 rings (SSSR count). The molecule has 0 radical (unpaired) electrons. The molecule has 31 heavy (non-hydrogen) atoms. The van der Waals surface area contributed by atoms with E-state index in [1.54, 1.807) is 32.4 Å². The van der Waals surface area contributed by atoms with Gasteiger partial charge in [-0.2, -0.15) is 0 Å². The molecule has 1 fully saturated rings. The predicted molar refractivity (Wildman–Crippen MR) is 124 cm³/mol. The van der Waals surface area contributed by atoms with Crippen molar-refractivity contribution in [3.8, 4) is 0 Å². The van der Waals surface area contributed by atoms with Crippen molar-refractivity contribution in [3.63, 3.8) is 0 Å². The quantitative estimate of drug-likeness (QED) is 0.476. The Morgan fingerprint density at radius 3 is 2.55 bits per heavy atom. The van der Waals surface area contributed by atoms with Gasteiger partial charge in [0.1, 0.15) is 6.10 Å². The molecule has 8 nitrogen and oxygen atoms in total. The van der Waals surface area contributed by atoms with Crippen molar-refractivity contribution < 1.29 is 14.2 Å². The Labute approximate surface area is 193 Å². The van der Waals surface area contributed by atoms with Crippen LogP contribution in [0.5, 0.6) is 0 Å². The van der Waals surface area contributed by atoms with E-state index in [1.807, 2.05) is 12.1 Å². The van der Waals surface area contributed by atoms with E-state index in [-0.39, 0.29) is 29.4 Å². The van der Waals surface area contributed by atoms with Crippen molar-refractivity contribution in [2.24, 2.45) is 0 Å². The van der Waals surface area contributed by atoms with Gasteiger partial charge in [0.05, 0.1) is 30.4 Å². The van der Waals surface area contributed by atoms with Gasteiger partial charge >= 0.3 is 0 Å². The molecular formula is C21H32ClN5O3S. The maximum atomic E-state index is 6.08. The van der Waals surface area contributed by atoms with Gasteiger partial charge in [0.15, 0.2) is 5.82 Å². The molecule has 1 aliphatic rings. The average molecular weight is 470 g/mol. The minimum Gasteiger partial charge on any atom is -0.382 e. The number of methoxy groups -OCH3 is 2. The number of anilines is 1. The largest absolute Gasteiger partial charge is 0.382 e. The lowest BCUT2D eigenvalue weighted by molar-refractivity contribution is 0.0406. The molecule has 0 aliphatic carbocycles. The van der Waals surface area contributed by atoms with Crippen LogP contribution in [0, 0.1) is 0 Å². The Kier molecular flexibility index (Phi) is 8.97. The third-order valence-corrected chi connectivity index (χ3v) is 6.89. The highest BCUT2D eigenvalue weighted by atomic mass is 35.5. The molecule has 0 bridgehead atoms. The normalized spacial score (nSPS) is 20.9. The molecule has 0 aromatic carbocycles. The predicted octanol–water partition coefficient (Wildman–Crippen LogP) is 4.65. The summed E-state index contributed by atoms with van der Waals surface area (Å²) in [7, 11) is 3.37. The van der Waals surface area contributed by atoms with Crippen LogP contribution in [0.3, 0.4) is 0 Å². The summed E-state index contributed by atoms with van der Waals surface area (Å²) in [6.45, 7) is 7.37. The highest BCUT2D eigenvalue weighted by Gasteiger charge is 2.32. The van der Waals surface area contributed by atoms with Crippen LogP contribution < -0.4 is 4.72 Å². The van der Waals surface area contributed by atoms with Crippen LogP contribution in [0.15, 0.2) is 18.3 Å². The van der Waals surface area contributed by atoms with E-state index in [2.05, 4.69) is 45.2 Å². The first-order chi connectivity index (χ1) is 14.9. The van der Waals surface area contributed by atoms with Crippen LogP contribution in [-0.2, 0) is 14.2 Å². The van der Waals surface area contributed by atoms with E-state index in [0.29, 0.717) is 24.2 Å². The van der Waals surface area contributed by atoms with Gasteiger partial charge in [0, 0.05) is 37.3 Å². The fraction of sp³-hybridized carbons (Fsp3) is 0.667. The van der Waals surface area contributed by atoms with E-state index in [4.69, 9.17) is 25.8 Å². The minimum atomic E-state index is -0.0751. The Hall–Kier alpha value is -1.39. The highest BCUT2D eigenvalue weighted by molar-refractivity contribution is 8.01. The number of rotatable bonds is 11. The molecule has 172 valence electrons. The van der Waals surface area contributed by atoms with Gasteiger partial charge in [0.25, 0.3) is 0 Å². The second-order valence-electron chi connectivity index (χ2n) is 7.94. The number of hydrogen-bond acceptors (Lipinski definition) is 8. The van der Waals surface area contributed by atoms with Crippen LogP contribution in [0.2, 0.25) is 5.02 Å². The monoisotopic (exact) mass is 469 g/mol. The number of pyridine rings is 1. The second-order valence-corrected chi connectivity index (χ2v) is 9.56. The molecule has 1 saturated heterocycles. The maximum absolute atomic E-state index is 6.08. The number of ether oxygens (including phenoxy) is 3. The summed E-state index contributed by atoms with van der Waals surface area (Å²) in [6.07, 6.45) is 3.76. The number of halogens is 1. The van der Waals surface area contributed by atoms with Crippen molar-refractivity contribution in [2.45, 2.75) is 63.0 Å². The molecule has 1 N–H and O–H groups in total. The van der Waals surface area contributed by atoms with Crippen LogP contribution in [0.1, 0.15) is 63.2 Å². The van der Waals surface area contributed by atoms with Gasteiger partial charge in [-0.1, -0.05) is 25.4 Å². The van der Waals surface area contributed by atoms with Gasteiger partial charge < -0.3 is 14.2 Å². The lowest BCUT2D eigenvalue weighted by Crippen LogP contribution is -2.24. The van der Waals surface area contributed by atoms with E-state index in [9.17, 15) is 0 Å². The zero-order valence-electron chi connectivity index (χ0n) is 18.7. The summed E-state index contributed by atoms with van der Waals surface area (Å²) in [5, 5.41) is 9.80. The fourth-order valence-electron chi connectivity index (χ4n) is 3.67. The molecule has 0 spiro atoms. The van der Waals surface area contributed by atoms with Crippen molar-refractivity contribution >= 4 is 29.5 Å². The van der Waals surface area contributed by atoms with E-state index in [0.717, 1.165) is 24.4 Å². The Bertz CT molecular complexity index is 816. The maximum Gasteiger partial charge on any atom is 0.235 e. The fourth-order valence-corrected chi connectivity index (χ4v) is 4.56. The highest BCUT2D eigenvalue weighted by Crippen LogP contribution is 2.35. The number of hydrogen-bond donors (Lipinski definition) is 1. The smallest absolute Gasteiger partial charge is 0.235 e. The molecule has 10 heteroatoms. The lowest BCUT2D eigenvalue weighted by Gasteiger charge is -2.24. The Balaban J connectivity index is 1.77. The molecule has 3 heterocycles. The summed E-state index contributed by atoms with van der Waals surface area (Å²) in [6, 6.07) is 3.78. The van der Waals surface area contributed by atoms with Crippen LogP contribution in [0.25, 0.3) is 0 Å². The van der Waals surface area contributed by atoms with E-state index < -0.39 is 0 Å². The van der Waals surface area contributed by atoms with E-state index >= 15 is 0 Å². The topological polar surface area (TPSA) is 83.3 Å². The molecule has 4 unspecified atom stereocenters. The summed E-state index contributed by atoms with van der Waals surface area (Å²) < 4.78 is 22.5. The van der Waals surface area contributed by atoms with Crippen molar-refractivity contribution in [1.29, 1.82) is 0 Å². The zero-order valence-corrected chi connectivity index (χ0v) is 20.3. The van der Waals surface area contributed by atoms with Crippen LogP contribution >= 0.6 is 23.5 Å². The van der Waals surface area contributed by atoms with Crippen LogP contribution in [0.4, 0.5) is 5.95 Å². The van der Waals surface area contributed by atoms with Gasteiger partial charge in [0.2, 0.25) is 5.95 Å². The lowest BCUT2D eigenvalue weighted by atomic mass is 10.0. The van der Waals surface area contributed by atoms with E-state index in [1.165, 1.54) is 0 Å². The van der Waals surface area contributed by atoms with Crippen molar-refractivity contribution in [3.05, 3.63) is 34.9 Å². The number of nitrogens with one attached hydrogen (secondary N) is 1. The molecule has 2 aromatic heterocycles. The summed E-state index contributed by atoms with van der Waals surface area (Å²) in [4.78, 5) is 4.46. The third-order valence-electron chi connectivity index (χ3n) is 5.58. The SMILES string of the molecule is COCC(COC)n1c(NSC(C)C(C)c2ccc(Cl)cn2)nnc1C1CCC(C)O1. The third kappa shape index (κ3) is 6.10. The molecule has 2 aromatic rings. The average Bonchev–Trinajstić information content (AvgIpc) is 3.37. The van der Waals surface area contributed by atoms with Gasteiger partial charge in [-0.15, -0.1) is 10.2 Å². The minimum absolute atomic E-state index is 0.0618.